The number of piperidine rings is 1. The fourth-order valence-corrected chi connectivity index (χ4v) is 3.57. The predicted octanol–water partition coefficient (Wildman–Crippen LogP) is 2.46. The van der Waals surface area contributed by atoms with Crippen LogP contribution < -0.4 is 5.73 Å². The largest absolute Gasteiger partial charge is 0.375 e. The minimum absolute atomic E-state index is 0.231. The van der Waals surface area contributed by atoms with Crippen molar-refractivity contribution in [1.82, 2.24) is 4.90 Å². The summed E-state index contributed by atoms with van der Waals surface area (Å²) in [6.07, 6.45) is 3.80. The van der Waals surface area contributed by atoms with E-state index >= 15 is 0 Å². The normalized spacial score (nSPS) is 29.8. The van der Waals surface area contributed by atoms with Gasteiger partial charge in [0.1, 0.15) is 0 Å². The first-order valence-corrected chi connectivity index (χ1v) is 7.44. The zero-order valence-corrected chi connectivity index (χ0v) is 11.7. The molecule has 1 aromatic carbocycles. The van der Waals surface area contributed by atoms with E-state index in [1.165, 1.54) is 30.4 Å². The van der Waals surface area contributed by atoms with Gasteiger partial charge in [0.05, 0.1) is 19.3 Å². The third-order valence-corrected chi connectivity index (χ3v) is 4.55. The van der Waals surface area contributed by atoms with Crippen molar-refractivity contribution >= 4 is 0 Å². The lowest BCUT2D eigenvalue weighted by Crippen LogP contribution is -2.52. The van der Waals surface area contributed by atoms with Crippen molar-refractivity contribution in [3.05, 3.63) is 35.4 Å². The molecular weight excluding hydrogens is 236 g/mol. The van der Waals surface area contributed by atoms with Crippen molar-refractivity contribution < 1.29 is 4.74 Å². The number of hydrogen-bond acceptors (Lipinski definition) is 3. The van der Waals surface area contributed by atoms with E-state index in [0.29, 0.717) is 12.1 Å². The number of nitrogens with two attached hydrogens (primary N) is 1. The highest BCUT2D eigenvalue weighted by atomic mass is 16.5. The van der Waals surface area contributed by atoms with E-state index in [9.17, 15) is 0 Å². The van der Waals surface area contributed by atoms with Gasteiger partial charge < -0.3 is 10.5 Å². The summed E-state index contributed by atoms with van der Waals surface area (Å²) in [5, 5.41) is 0. The number of hydrogen-bond donors (Lipinski definition) is 1. The molecule has 2 aliphatic rings. The fourth-order valence-electron chi connectivity index (χ4n) is 3.57. The van der Waals surface area contributed by atoms with Gasteiger partial charge in [-0.3, -0.25) is 4.90 Å². The van der Waals surface area contributed by atoms with E-state index in [2.05, 4.69) is 36.1 Å². The van der Waals surface area contributed by atoms with Gasteiger partial charge in [0, 0.05) is 12.1 Å². The molecule has 3 unspecified atom stereocenters. The Labute approximate surface area is 115 Å². The number of rotatable bonds is 2. The molecule has 3 atom stereocenters. The molecule has 0 spiro atoms. The molecule has 1 saturated heterocycles. The monoisotopic (exact) mass is 260 g/mol. The minimum Gasteiger partial charge on any atom is -0.375 e. The Hall–Kier alpha value is -0.900. The molecular formula is C16H24N2O. The highest BCUT2D eigenvalue weighted by Crippen LogP contribution is 2.34. The zero-order valence-electron chi connectivity index (χ0n) is 11.7. The molecule has 0 radical (unpaired) electrons. The summed E-state index contributed by atoms with van der Waals surface area (Å²) in [5.41, 5.74) is 8.99. The van der Waals surface area contributed by atoms with E-state index in [-0.39, 0.29) is 6.04 Å². The molecule has 0 aliphatic carbocycles. The maximum Gasteiger partial charge on any atom is 0.0721 e. The summed E-state index contributed by atoms with van der Waals surface area (Å²) < 4.78 is 5.81. The molecule has 1 aromatic rings. The van der Waals surface area contributed by atoms with E-state index < -0.39 is 0 Å². The van der Waals surface area contributed by atoms with Crippen LogP contribution in [-0.2, 0) is 11.3 Å². The number of benzene rings is 1. The Bertz CT molecular complexity index is 433. The van der Waals surface area contributed by atoms with Gasteiger partial charge in [-0.15, -0.1) is 0 Å². The van der Waals surface area contributed by atoms with Gasteiger partial charge in [-0.1, -0.05) is 30.7 Å². The Morgan fingerprint density at radius 3 is 3.00 bits per heavy atom. The molecule has 19 heavy (non-hydrogen) atoms. The molecule has 1 fully saturated rings. The highest BCUT2D eigenvalue weighted by molar-refractivity contribution is 5.31. The van der Waals surface area contributed by atoms with Crippen molar-refractivity contribution in [2.45, 2.75) is 50.9 Å². The first-order chi connectivity index (χ1) is 9.27. The lowest BCUT2D eigenvalue weighted by molar-refractivity contribution is -0.00369. The Morgan fingerprint density at radius 1 is 1.32 bits per heavy atom. The smallest absolute Gasteiger partial charge is 0.0721 e. The molecule has 0 saturated carbocycles. The van der Waals surface area contributed by atoms with Crippen molar-refractivity contribution in [2.24, 2.45) is 5.73 Å². The van der Waals surface area contributed by atoms with Gasteiger partial charge in [-0.25, -0.2) is 0 Å². The first kappa shape index (κ1) is 13.1. The third kappa shape index (κ3) is 2.55. The van der Waals surface area contributed by atoms with Crippen molar-refractivity contribution in [3.63, 3.8) is 0 Å². The maximum absolute atomic E-state index is 6.20. The van der Waals surface area contributed by atoms with Gasteiger partial charge in [0.25, 0.3) is 0 Å². The van der Waals surface area contributed by atoms with Crippen molar-refractivity contribution in [1.29, 1.82) is 0 Å². The Kier molecular flexibility index (Phi) is 3.87. The molecule has 104 valence electrons. The fraction of sp³-hybridized carbons (Fsp3) is 0.625. The van der Waals surface area contributed by atoms with Gasteiger partial charge in [-0.05, 0) is 37.4 Å². The minimum atomic E-state index is 0.231. The van der Waals surface area contributed by atoms with Crippen LogP contribution in [0.2, 0.25) is 0 Å². The van der Waals surface area contributed by atoms with Gasteiger partial charge in [-0.2, -0.15) is 0 Å². The quantitative estimate of drug-likeness (QED) is 0.887. The molecule has 0 amide bonds. The summed E-state index contributed by atoms with van der Waals surface area (Å²) in [6.45, 7) is 4.84. The standard InChI is InChI=1S/C16H24N2O/c1-12(17)15-8-4-5-9-18(15)16-11-19-10-13-6-2-3-7-14(13)16/h2-3,6-7,12,15-16H,4-5,8-11,17H2,1H3. The lowest BCUT2D eigenvalue weighted by Gasteiger charge is -2.44. The molecule has 0 aromatic heterocycles. The average molecular weight is 260 g/mol. The molecule has 2 N–H and O–H groups in total. The zero-order chi connectivity index (χ0) is 13.2. The lowest BCUT2D eigenvalue weighted by atomic mass is 9.90. The van der Waals surface area contributed by atoms with Gasteiger partial charge in [0.15, 0.2) is 0 Å². The molecule has 3 nitrogen and oxygen atoms in total. The van der Waals surface area contributed by atoms with Crippen LogP contribution in [0.3, 0.4) is 0 Å². The summed E-state index contributed by atoms with van der Waals surface area (Å²) in [7, 11) is 0. The number of likely N-dealkylation sites (tertiary alicyclic amines) is 1. The van der Waals surface area contributed by atoms with Crippen molar-refractivity contribution in [2.75, 3.05) is 13.2 Å². The number of nitrogens with zero attached hydrogens (tertiary/aromatic N) is 1. The SMILES string of the molecule is CC(N)C1CCCCN1C1COCc2ccccc21. The van der Waals surface area contributed by atoms with E-state index in [0.717, 1.165) is 19.8 Å². The topological polar surface area (TPSA) is 38.5 Å². The van der Waals surface area contributed by atoms with Crippen LogP contribution in [0.15, 0.2) is 24.3 Å². The van der Waals surface area contributed by atoms with Crippen LogP contribution in [-0.4, -0.2) is 30.1 Å². The van der Waals surface area contributed by atoms with Crippen LogP contribution >= 0.6 is 0 Å². The molecule has 2 aliphatic heterocycles. The van der Waals surface area contributed by atoms with Crippen LogP contribution in [0.4, 0.5) is 0 Å². The van der Waals surface area contributed by atoms with E-state index in [1.807, 2.05) is 0 Å². The van der Waals surface area contributed by atoms with Crippen LogP contribution in [0.25, 0.3) is 0 Å². The summed E-state index contributed by atoms with van der Waals surface area (Å²) in [6, 6.07) is 9.80. The van der Waals surface area contributed by atoms with Gasteiger partial charge >= 0.3 is 0 Å². The van der Waals surface area contributed by atoms with Crippen LogP contribution in [0.5, 0.6) is 0 Å². The molecule has 3 rings (SSSR count). The highest BCUT2D eigenvalue weighted by Gasteiger charge is 2.34. The maximum atomic E-state index is 6.20. The van der Waals surface area contributed by atoms with Crippen LogP contribution in [0, 0.1) is 0 Å². The second kappa shape index (κ2) is 5.61. The summed E-state index contributed by atoms with van der Waals surface area (Å²) in [5.74, 6) is 0. The predicted molar refractivity (Wildman–Crippen MR) is 76.8 cm³/mol. The average Bonchev–Trinajstić information content (AvgIpc) is 2.46. The summed E-state index contributed by atoms with van der Waals surface area (Å²) in [4.78, 5) is 2.59. The third-order valence-electron chi connectivity index (χ3n) is 4.55. The van der Waals surface area contributed by atoms with Gasteiger partial charge in [0.2, 0.25) is 0 Å². The van der Waals surface area contributed by atoms with E-state index in [1.54, 1.807) is 0 Å². The Morgan fingerprint density at radius 2 is 2.16 bits per heavy atom. The first-order valence-electron chi connectivity index (χ1n) is 7.44. The molecule has 2 heterocycles. The van der Waals surface area contributed by atoms with Crippen LogP contribution in [0.1, 0.15) is 43.4 Å². The second-order valence-electron chi connectivity index (χ2n) is 5.89. The molecule has 0 bridgehead atoms. The van der Waals surface area contributed by atoms with Crippen molar-refractivity contribution in [3.8, 4) is 0 Å². The number of fused-ring (bicyclic) bond motifs is 1. The Balaban J connectivity index is 1.89. The number of ether oxygens (including phenoxy) is 1. The second-order valence-corrected chi connectivity index (χ2v) is 5.89. The van der Waals surface area contributed by atoms with E-state index in [4.69, 9.17) is 10.5 Å². The summed E-state index contributed by atoms with van der Waals surface area (Å²) >= 11 is 0. The molecule has 3 heteroatoms.